The second-order valence-corrected chi connectivity index (χ2v) is 5.82. The number of aliphatic carboxylic acids is 1. The summed E-state index contributed by atoms with van der Waals surface area (Å²) in [5.41, 5.74) is 0. The number of aliphatic hydroxyl groups excluding tert-OH is 1. The lowest BCUT2D eigenvalue weighted by molar-refractivity contribution is -0.946. The summed E-state index contributed by atoms with van der Waals surface area (Å²) >= 11 is 0. The number of fused-ring (bicyclic) bond motifs is 1. The zero-order chi connectivity index (χ0) is 13.6. The number of carboxylic acid groups (broad SMARTS) is 1. The van der Waals surface area contributed by atoms with Crippen LogP contribution in [0.1, 0.15) is 51.9 Å². The average Bonchev–Trinajstić information content (AvgIpc) is 2.29. The van der Waals surface area contributed by atoms with E-state index in [-0.39, 0.29) is 29.5 Å². The van der Waals surface area contributed by atoms with Crippen molar-refractivity contribution in [3.05, 3.63) is 0 Å². The van der Waals surface area contributed by atoms with Crippen LogP contribution in [-0.2, 0) is 4.79 Å². The molecule has 114 valence electrons. The highest BCUT2D eigenvalue weighted by molar-refractivity contribution is 5.63. The molecule has 4 nitrogen and oxygen atoms in total. The van der Waals surface area contributed by atoms with Crippen molar-refractivity contribution in [2.45, 2.75) is 64.0 Å². The van der Waals surface area contributed by atoms with E-state index in [1.807, 2.05) is 0 Å². The summed E-state index contributed by atoms with van der Waals surface area (Å²) in [5, 5.41) is 19.3. The van der Waals surface area contributed by atoms with Gasteiger partial charge >= 0.3 is 0 Å². The summed E-state index contributed by atoms with van der Waals surface area (Å²) in [6.45, 7) is 4.39. The fourth-order valence-corrected chi connectivity index (χ4v) is 3.25. The minimum Gasteiger partial charge on any atom is -1.00 e. The van der Waals surface area contributed by atoms with Crippen LogP contribution in [0.4, 0.5) is 0 Å². The van der Waals surface area contributed by atoms with Crippen molar-refractivity contribution in [1.82, 2.24) is 0 Å². The average molecular weight is 337 g/mol. The van der Waals surface area contributed by atoms with Gasteiger partial charge in [-0.2, -0.15) is 0 Å². The second-order valence-electron chi connectivity index (χ2n) is 5.82. The van der Waals surface area contributed by atoms with E-state index in [4.69, 9.17) is 0 Å². The molecule has 5 heteroatoms. The zero-order valence-corrected chi connectivity index (χ0v) is 13.7. The second kappa shape index (κ2) is 8.93. The lowest BCUT2D eigenvalue weighted by Crippen LogP contribution is -3.00. The number of piperidine rings is 2. The van der Waals surface area contributed by atoms with Crippen molar-refractivity contribution in [3.8, 4) is 0 Å². The van der Waals surface area contributed by atoms with Gasteiger partial charge in [-0.25, -0.2) is 0 Å². The van der Waals surface area contributed by atoms with E-state index < -0.39 is 5.97 Å². The van der Waals surface area contributed by atoms with Gasteiger partial charge in [0.25, 0.3) is 0 Å². The van der Waals surface area contributed by atoms with Crippen molar-refractivity contribution in [3.63, 3.8) is 0 Å². The van der Waals surface area contributed by atoms with Crippen LogP contribution in [0.5, 0.6) is 0 Å². The van der Waals surface area contributed by atoms with Gasteiger partial charge in [-0.3, -0.25) is 0 Å². The molecule has 0 amide bonds. The number of aliphatic hydroxyl groups is 1. The largest absolute Gasteiger partial charge is 1.00 e. The number of carboxylic acids is 1. The van der Waals surface area contributed by atoms with E-state index in [0.29, 0.717) is 12.5 Å². The van der Waals surface area contributed by atoms with E-state index >= 15 is 0 Å². The number of rotatable bonds is 2. The normalized spacial score (nSPS) is 33.2. The highest BCUT2D eigenvalue weighted by Gasteiger charge is 2.42. The molecule has 0 aromatic carbocycles. The summed E-state index contributed by atoms with van der Waals surface area (Å²) in [5.74, 6) is -0.961. The number of carbonyl (C=O) groups is 1. The van der Waals surface area contributed by atoms with Gasteiger partial charge in [0, 0.05) is 12.4 Å². The Morgan fingerprint density at radius 3 is 2.37 bits per heavy atom. The zero-order valence-electron chi connectivity index (χ0n) is 12.1. The van der Waals surface area contributed by atoms with Crippen LogP contribution in [-0.4, -0.2) is 47.8 Å². The first-order valence-electron chi connectivity index (χ1n) is 7.21. The smallest absolute Gasteiger partial charge is 0.115 e. The number of hydrogen-bond donors (Lipinski definition) is 1. The standard InChI is InChI=1S/C10H20NO.C4H8O2.BrH/c1-11-7-3-2-5-9(11)10(12)6-4-8-11;1-2-3-4(5)6;/h9-10,12H,2-8H2,1H3;2-3H2,1H3,(H,5,6);1H/q+1;;/p-2/t9-,10-,11?;;/m1../s1. The molecule has 1 unspecified atom stereocenters. The Bertz CT molecular complexity index is 271. The molecule has 2 rings (SSSR count). The molecule has 2 aliphatic heterocycles. The van der Waals surface area contributed by atoms with E-state index in [0.717, 1.165) is 10.9 Å². The summed E-state index contributed by atoms with van der Waals surface area (Å²) in [7, 11) is 2.33. The van der Waals surface area contributed by atoms with Crippen LogP contribution in [0.3, 0.4) is 0 Å². The summed E-state index contributed by atoms with van der Waals surface area (Å²) in [4.78, 5) is 9.49. The minimum atomic E-state index is -0.961. The van der Waals surface area contributed by atoms with Crippen molar-refractivity contribution in [2.75, 3.05) is 20.1 Å². The van der Waals surface area contributed by atoms with Crippen LogP contribution in [0, 0.1) is 0 Å². The molecule has 0 aliphatic carbocycles. The predicted octanol–water partition coefficient (Wildman–Crippen LogP) is -2.32. The van der Waals surface area contributed by atoms with Gasteiger partial charge in [-0.05, 0) is 32.1 Å². The molecule has 0 aromatic heterocycles. The Kier molecular flexibility index (Phi) is 8.86. The highest BCUT2D eigenvalue weighted by atomic mass is 79.9. The van der Waals surface area contributed by atoms with Crippen molar-refractivity contribution >= 4 is 5.97 Å². The van der Waals surface area contributed by atoms with E-state index in [1.54, 1.807) is 6.92 Å². The third kappa shape index (κ3) is 5.79. The molecule has 0 radical (unpaired) electrons. The molecule has 0 spiro atoms. The maximum absolute atomic E-state index is 9.85. The van der Waals surface area contributed by atoms with Gasteiger partial charge in [0.05, 0.1) is 20.1 Å². The highest BCUT2D eigenvalue weighted by Crippen LogP contribution is 2.31. The van der Waals surface area contributed by atoms with Crippen LogP contribution < -0.4 is 22.1 Å². The van der Waals surface area contributed by atoms with Crippen LogP contribution in [0.25, 0.3) is 0 Å². The van der Waals surface area contributed by atoms with Gasteiger partial charge in [-0.15, -0.1) is 0 Å². The van der Waals surface area contributed by atoms with Gasteiger partial charge < -0.3 is 36.5 Å². The van der Waals surface area contributed by atoms with E-state index in [9.17, 15) is 15.0 Å². The number of likely N-dealkylation sites (N-methyl/N-ethyl adjacent to an activating group) is 1. The molecule has 3 atom stereocenters. The molecule has 2 heterocycles. The molecule has 0 saturated carbocycles. The number of hydrogen-bond acceptors (Lipinski definition) is 3. The maximum Gasteiger partial charge on any atom is 0.115 e. The Balaban J connectivity index is 0.000000404. The fourth-order valence-electron chi connectivity index (χ4n) is 3.25. The van der Waals surface area contributed by atoms with Crippen molar-refractivity contribution in [2.24, 2.45) is 0 Å². The van der Waals surface area contributed by atoms with Crippen molar-refractivity contribution < 1.29 is 36.5 Å². The molecule has 19 heavy (non-hydrogen) atoms. The monoisotopic (exact) mass is 336 g/mol. The van der Waals surface area contributed by atoms with Crippen LogP contribution in [0.15, 0.2) is 0 Å². The first-order valence-corrected chi connectivity index (χ1v) is 7.21. The van der Waals surface area contributed by atoms with Crippen molar-refractivity contribution in [1.29, 1.82) is 0 Å². The number of quaternary nitrogens is 1. The van der Waals surface area contributed by atoms with E-state index in [2.05, 4.69) is 7.05 Å². The first-order chi connectivity index (χ1) is 8.49. The fraction of sp³-hybridized carbons (Fsp3) is 0.929. The molecular formula is C14H27BrNO3-. The quantitative estimate of drug-likeness (QED) is 0.576. The third-order valence-corrected chi connectivity index (χ3v) is 4.29. The summed E-state index contributed by atoms with van der Waals surface area (Å²) < 4.78 is 1.15. The Hall–Kier alpha value is -0.130. The number of nitrogens with zero attached hydrogens (tertiary/aromatic N) is 1. The summed E-state index contributed by atoms with van der Waals surface area (Å²) in [6.07, 6.45) is 7.03. The third-order valence-electron chi connectivity index (χ3n) is 4.29. The Labute approximate surface area is 127 Å². The van der Waals surface area contributed by atoms with Gasteiger partial charge in [0.15, 0.2) is 0 Å². The molecule has 2 fully saturated rings. The lowest BCUT2D eigenvalue weighted by Gasteiger charge is -2.49. The Morgan fingerprint density at radius 2 is 1.89 bits per heavy atom. The first kappa shape index (κ1) is 18.9. The molecule has 2 saturated heterocycles. The molecule has 2 aliphatic rings. The lowest BCUT2D eigenvalue weighted by atomic mass is 9.88. The van der Waals surface area contributed by atoms with Crippen LogP contribution >= 0.6 is 0 Å². The minimum absolute atomic E-state index is 0. The molecule has 1 N–H and O–H groups in total. The molecular weight excluding hydrogens is 310 g/mol. The topological polar surface area (TPSA) is 60.4 Å². The Morgan fingerprint density at radius 1 is 1.26 bits per heavy atom. The molecule has 0 bridgehead atoms. The summed E-state index contributed by atoms with van der Waals surface area (Å²) in [6, 6.07) is 0.562. The van der Waals surface area contributed by atoms with Gasteiger partial charge in [-0.1, -0.05) is 13.3 Å². The molecule has 0 aromatic rings. The van der Waals surface area contributed by atoms with Crippen LogP contribution in [0.2, 0.25) is 0 Å². The maximum atomic E-state index is 9.85. The number of carbonyl (C=O) groups excluding carboxylic acids is 1. The SMILES string of the molecule is CCCC(=O)[O-].C[N+]12CCCC[C@@H]1[C@H](O)CCC2.[Br-]. The van der Waals surface area contributed by atoms with Gasteiger partial charge in [0.1, 0.15) is 12.1 Å². The van der Waals surface area contributed by atoms with Gasteiger partial charge in [0.2, 0.25) is 0 Å². The van der Waals surface area contributed by atoms with E-state index in [1.165, 1.54) is 38.8 Å². The predicted molar refractivity (Wildman–Crippen MR) is 68.7 cm³/mol. The number of halogens is 1.